The van der Waals surface area contributed by atoms with E-state index in [1.165, 1.54) is 17.7 Å². The van der Waals surface area contributed by atoms with Gasteiger partial charge in [-0.2, -0.15) is 0 Å². The lowest BCUT2D eigenvalue weighted by Gasteiger charge is -2.21. The van der Waals surface area contributed by atoms with Crippen LogP contribution in [0.5, 0.6) is 0 Å². The predicted molar refractivity (Wildman–Crippen MR) is 112 cm³/mol. The largest absolute Gasteiger partial charge is 0.309 e. The molecule has 0 radical (unpaired) electrons. The lowest BCUT2D eigenvalue weighted by atomic mass is 9.91. The third-order valence-electron chi connectivity index (χ3n) is 5.08. The molecule has 0 spiro atoms. The quantitative estimate of drug-likeness (QED) is 0.684. The summed E-state index contributed by atoms with van der Waals surface area (Å²) in [5.74, 6) is 0.444. The molecule has 1 aliphatic rings. The molecule has 0 bridgehead atoms. The van der Waals surface area contributed by atoms with Crippen LogP contribution >= 0.6 is 0 Å². The van der Waals surface area contributed by atoms with Gasteiger partial charge >= 0.3 is 0 Å². The van der Waals surface area contributed by atoms with Gasteiger partial charge in [-0.25, -0.2) is 14.4 Å². The zero-order valence-electron chi connectivity index (χ0n) is 16.7. The summed E-state index contributed by atoms with van der Waals surface area (Å²) in [6, 6.07) is 14.3. The topological polar surface area (TPSA) is 54.9 Å². The number of nitrogens with one attached hydrogen (secondary N) is 1. The molecule has 1 aromatic heterocycles. The summed E-state index contributed by atoms with van der Waals surface area (Å²) in [4.78, 5) is 22.3. The van der Waals surface area contributed by atoms with Crippen LogP contribution in [0.25, 0.3) is 11.3 Å². The third kappa shape index (κ3) is 4.34. The molecule has 1 heterocycles. The zero-order chi connectivity index (χ0) is 20.4. The third-order valence-corrected chi connectivity index (χ3v) is 5.08. The Bertz CT molecular complexity index is 1040. The molecule has 1 amide bonds. The summed E-state index contributed by atoms with van der Waals surface area (Å²) >= 11 is 0. The first-order valence-electron chi connectivity index (χ1n) is 10.0. The molecule has 5 heteroatoms. The number of aryl methyl sites for hydroxylation is 2. The van der Waals surface area contributed by atoms with Gasteiger partial charge in [0.25, 0.3) is 0 Å². The van der Waals surface area contributed by atoms with Crippen LogP contribution in [0, 0.1) is 11.7 Å². The highest BCUT2D eigenvalue weighted by Gasteiger charge is 2.22. The van der Waals surface area contributed by atoms with Gasteiger partial charge in [-0.05, 0) is 48.4 Å². The summed E-state index contributed by atoms with van der Waals surface area (Å²) in [5.41, 5.74) is 5.85. The van der Waals surface area contributed by atoms with Crippen molar-refractivity contribution >= 4 is 11.7 Å². The average Bonchev–Trinajstić information content (AvgIpc) is 2.70. The number of carbonyl (C=O) groups excluding carboxylic acids is 1. The van der Waals surface area contributed by atoms with Crippen molar-refractivity contribution in [3.63, 3.8) is 0 Å². The number of anilines is 1. The van der Waals surface area contributed by atoms with Crippen LogP contribution in [-0.4, -0.2) is 15.9 Å². The van der Waals surface area contributed by atoms with Crippen molar-refractivity contribution in [3.8, 4) is 11.3 Å². The van der Waals surface area contributed by atoms with E-state index in [0.29, 0.717) is 11.7 Å². The van der Waals surface area contributed by atoms with E-state index in [2.05, 4.69) is 37.4 Å². The molecule has 2 aromatic carbocycles. The first-order valence-corrected chi connectivity index (χ1v) is 10.0. The molecule has 29 heavy (non-hydrogen) atoms. The van der Waals surface area contributed by atoms with E-state index in [0.717, 1.165) is 47.5 Å². The lowest BCUT2D eigenvalue weighted by molar-refractivity contribution is -0.115. The van der Waals surface area contributed by atoms with Gasteiger partial charge in [-0.3, -0.25) is 4.79 Å². The number of halogens is 1. The minimum Gasteiger partial charge on any atom is -0.309 e. The highest BCUT2D eigenvalue weighted by molar-refractivity contribution is 5.92. The monoisotopic (exact) mass is 389 g/mol. The number of amides is 1. The van der Waals surface area contributed by atoms with Crippen molar-refractivity contribution in [1.82, 2.24) is 9.97 Å². The van der Waals surface area contributed by atoms with Crippen LogP contribution < -0.4 is 5.32 Å². The second-order valence-electron chi connectivity index (χ2n) is 7.92. The maximum absolute atomic E-state index is 13.1. The zero-order valence-corrected chi connectivity index (χ0v) is 16.7. The maximum Gasteiger partial charge on any atom is 0.229 e. The number of benzene rings is 2. The van der Waals surface area contributed by atoms with Crippen LogP contribution in [-0.2, 0) is 30.5 Å². The SMILES string of the molecule is CC(C)Cc1nc2c(nc1NC(=O)Cc1ccc(F)cc1)CCc1ccccc1-2. The molecule has 0 atom stereocenters. The van der Waals surface area contributed by atoms with Gasteiger partial charge in [0, 0.05) is 5.56 Å². The van der Waals surface area contributed by atoms with Crippen LogP contribution in [0.15, 0.2) is 48.5 Å². The van der Waals surface area contributed by atoms with Crippen LogP contribution in [0.2, 0.25) is 0 Å². The molecular weight excluding hydrogens is 365 g/mol. The van der Waals surface area contributed by atoms with Gasteiger partial charge in [0.1, 0.15) is 5.82 Å². The van der Waals surface area contributed by atoms with Crippen LogP contribution in [0.1, 0.15) is 36.4 Å². The lowest BCUT2D eigenvalue weighted by Crippen LogP contribution is -2.20. The van der Waals surface area contributed by atoms with Crippen LogP contribution in [0.3, 0.4) is 0 Å². The first-order chi connectivity index (χ1) is 14.0. The average molecular weight is 389 g/mol. The molecule has 0 unspecified atom stereocenters. The summed E-state index contributed by atoms with van der Waals surface area (Å²) in [6.45, 7) is 4.25. The fourth-order valence-corrected chi connectivity index (χ4v) is 3.71. The molecule has 148 valence electrons. The highest BCUT2D eigenvalue weighted by atomic mass is 19.1. The number of nitrogens with zero attached hydrogens (tertiary/aromatic N) is 2. The van der Waals surface area contributed by atoms with E-state index in [4.69, 9.17) is 9.97 Å². The van der Waals surface area contributed by atoms with Gasteiger partial charge in [-0.15, -0.1) is 0 Å². The number of fused-ring (bicyclic) bond motifs is 3. The molecule has 0 saturated heterocycles. The smallest absolute Gasteiger partial charge is 0.229 e. The summed E-state index contributed by atoms with van der Waals surface area (Å²) < 4.78 is 13.1. The van der Waals surface area contributed by atoms with E-state index in [9.17, 15) is 9.18 Å². The first kappa shape index (κ1) is 19.2. The number of rotatable bonds is 5. The van der Waals surface area contributed by atoms with Crippen LogP contribution in [0.4, 0.5) is 10.2 Å². The fraction of sp³-hybridized carbons (Fsp3) is 0.292. The van der Waals surface area contributed by atoms with E-state index in [-0.39, 0.29) is 18.1 Å². The Labute approximate surface area is 170 Å². The van der Waals surface area contributed by atoms with E-state index in [1.54, 1.807) is 12.1 Å². The molecule has 1 aliphatic carbocycles. The van der Waals surface area contributed by atoms with Crippen molar-refractivity contribution in [2.75, 3.05) is 5.32 Å². The van der Waals surface area contributed by atoms with E-state index >= 15 is 0 Å². The molecule has 4 rings (SSSR count). The predicted octanol–water partition coefficient (Wildman–Crippen LogP) is 4.76. The second kappa shape index (κ2) is 8.11. The number of carbonyl (C=O) groups is 1. The normalized spacial score (nSPS) is 12.4. The fourth-order valence-electron chi connectivity index (χ4n) is 3.71. The Balaban J connectivity index is 1.64. The Morgan fingerprint density at radius 3 is 2.59 bits per heavy atom. The molecule has 4 nitrogen and oxygen atoms in total. The molecule has 0 fully saturated rings. The molecular formula is C24H24FN3O. The minimum absolute atomic E-state index is 0.170. The van der Waals surface area contributed by atoms with Crippen molar-refractivity contribution < 1.29 is 9.18 Å². The number of hydrogen-bond donors (Lipinski definition) is 1. The highest BCUT2D eigenvalue weighted by Crippen LogP contribution is 2.33. The second-order valence-corrected chi connectivity index (χ2v) is 7.92. The Morgan fingerprint density at radius 2 is 1.83 bits per heavy atom. The van der Waals surface area contributed by atoms with E-state index in [1.807, 2.05) is 6.07 Å². The Hall–Kier alpha value is -3.08. The van der Waals surface area contributed by atoms with Crippen molar-refractivity contribution in [3.05, 3.63) is 76.9 Å². The maximum atomic E-state index is 13.1. The number of hydrogen-bond acceptors (Lipinski definition) is 3. The summed E-state index contributed by atoms with van der Waals surface area (Å²) in [7, 11) is 0. The molecule has 0 saturated carbocycles. The number of aromatic nitrogens is 2. The molecule has 3 aromatic rings. The summed E-state index contributed by atoms with van der Waals surface area (Å²) in [5, 5.41) is 2.95. The van der Waals surface area contributed by atoms with Gasteiger partial charge in [0.15, 0.2) is 5.82 Å². The van der Waals surface area contributed by atoms with Crippen molar-refractivity contribution in [2.24, 2.45) is 5.92 Å². The summed E-state index contributed by atoms with van der Waals surface area (Å²) in [6.07, 6.45) is 2.63. The van der Waals surface area contributed by atoms with Crippen molar-refractivity contribution in [1.29, 1.82) is 0 Å². The van der Waals surface area contributed by atoms with Gasteiger partial charge in [0.05, 0.1) is 23.5 Å². The van der Waals surface area contributed by atoms with Gasteiger partial charge in [-0.1, -0.05) is 50.2 Å². The molecule has 0 aliphatic heterocycles. The molecule has 1 N–H and O–H groups in total. The minimum atomic E-state index is -0.311. The van der Waals surface area contributed by atoms with Gasteiger partial charge < -0.3 is 5.32 Å². The van der Waals surface area contributed by atoms with Gasteiger partial charge in [0.2, 0.25) is 5.91 Å². The van der Waals surface area contributed by atoms with E-state index < -0.39 is 0 Å². The van der Waals surface area contributed by atoms with Crippen molar-refractivity contribution in [2.45, 2.75) is 39.5 Å². The standard InChI is InChI=1S/C24H24FN3O/c1-15(2)13-21-24(28-22(29)14-16-7-10-18(25)11-8-16)27-20-12-9-17-5-3-4-6-19(17)23(20)26-21/h3-8,10-11,15H,9,12-14H2,1-2H3,(H,27,28,29). The Kier molecular flexibility index (Phi) is 5.38. The Morgan fingerprint density at radius 1 is 1.07 bits per heavy atom.